The molecule has 3 rings (SSSR count). The van der Waals surface area contributed by atoms with Gasteiger partial charge in [0.2, 0.25) is 11.7 Å². The van der Waals surface area contributed by atoms with E-state index in [2.05, 4.69) is 10.3 Å². The van der Waals surface area contributed by atoms with Gasteiger partial charge in [-0.3, -0.25) is 14.6 Å². The molecule has 1 aromatic carbocycles. The first-order valence-electron chi connectivity index (χ1n) is 9.36. The molecule has 0 atom stereocenters. The second kappa shape index (κ2) is 9.49. The van der Waals surface area contributed by atoms with Crippen molar-refractivity contribution in [3.63, 3.8) is 0 Å². The van der Waals surface area contributed by atoms with Crippen molar-refractivity contribution < 1.29 is 23.9 Å². The summed E-state index contributed by atoms with van der Waals surface area (Å²) in [6, 6.07) is 10.7. The first-order chi connectivity index (χ1) is 14.4. The summed E-state index contributed by atoms with van der Waals surface area (Å²) < 4.78 is 10.5. The lowest BCUT2D eigenvalue weighted by Gasteiger charge is -2.08. The highest BCUT2D eigenvalue weighted by Gasteiger charge is 2.17. The van der Waals surface area contributed by atoms with Crippen LogP contribution in [0.15, 0.2) is 36.4 Å². The number of fused-ring (bicyclic) bond motifs is 1. The monoisotopic (exact) mass is 426 g/mol. The number of pyridine rings is 1. The van der Waals surface area contributed by atoms with E-state index >= 15 is 0 Å². The highest BCUT2D eigenvalue weighted by atomic mass is 32.1. The lowest BCUT2D eigenvalue weighted by molar-refractivity contribution is -0.118. The number of rotatable bonds is 8. The smallest absolute Gasteiger partial charge is 0.340 e. The lowest BCUT2D eigenvalue weighted by atomic mass is 10.1. The quantitative estimate of drug-likeness (QED) is 0.439. The molecule has 0 aliphatic carbocycles. The van der Waals surface area contributed by atoms with E-state index in [0.29, 0.717) is 34.8 Å². The van der Waals surface area contributed by atoms with Gasteiger partial charge in [-0.1, -0.05) is 0 Å². The second-order valence-corrected chi connectivity index (χ2v) is 7.85. The van der Waals surface area contributed by atoms with E-state index in [1.54, 1.807) is 38.3 Å². The number of methoxy groups -OCH3 is 1. The molecular weight excluding hydrogens is 404 g/mol. The molecule has 8 heteroatoms. The van der Waals surface area contributed by atoms with Gasteiger partial charge in [0, 0.05) is 23.7 Å². The van der Waals surface area contributed by atoms with Crippen LogP contribution in [0.1, 0.15) is 37.5 Å². The molecule has 1 N–H and O–H groups in total. The number of aryl methyl sites for hydroxylation is 1. The predicted molar refractivity (Wildman–Crippen MR) is 114 cm³/mol. The minimum atomic E-state index is -0.597. The number of amides is 1. The topological polar surface area (TPSA) is 94.6 Å². The average molecular weight is 426 g/mol. The number of esters is 1. The van der Waals surface area contributed by atoms with E-state index in [9.17, 15) is 14.4 Å². The molecular formula is C22H22N2O5S. The Labute approximate surface area is 178 Å². The third kappa shape index (κ3) is 5.21. The van der Waals surface area contributed by atoms with Crippen molar-refractivity contribution in [3.05, 3.63) is 57.4 Å². The van der Waals surface area contributed by atoms with Crippen LogP contribution in [-0.4, -0.2) is 42.9 Å². The number of aromatic nitrogens is 1. The van der Waals surface area contributed by atoms with Gasteiger partial charge in [0.1, 0.15) is 5.75 Å². The number of Topliss-reactive ketones (excluding diaryl/α,β-unsaturated/α-hetero) is 1. The van der Waals surface area contributed by atoms with Crippen LogP contribution in [0.5, 0.6) is 5.75 Å². The van der Waals surface area contributed by atoms with Gasteiger partial charge in [0.25, 0.3) is 0 Å². The van der Waals surface area contributed by atoms with Crippen LogP contribution < -0.4 is 10.1 Å². The van der Waals surface area contributed by atoms with Crippen molar-refractivity contribution in [2.24, 2.45) is 0 Å². The molecule has 1 amide bonds. The molecule has 0 bridgehead atoms. The molecule has 0 aliphatic heterocycles. The van der Waals surface area contributed by atoms with E-state index in [0.717, 1.165) is 15.8 Å². The summed E-state index contributed by atoms with van der Waals surface area (Å²) in [5, 5.41) is 3.47. The molecule has 2 aromatic heterocycles. The standard InChI is InChI=1S/C22H22N2O5S/c1-13-18(11-15-10-16(28-3)4-6-19(15)24-13)22(27)29-12-20(26)21-7-5-17(30-21)8-9-23-14(2)25/h4-7,10-11H,8-9,12H2,1-3H3,(H,23,25). The fourth-order valence-electron chi connectivity index (χ4n) is 2.89. The van der Waals surface area contributed by atoms with Crippen LogP contribution in [0, 0.1) is 6.92 Å². The van der Waals surface area contributed by atoms with E-state index in [1.807, 2.05) is 12.1 Å². The normalized spacial score (nSPS) is 10.6. The van der Waals surface area contributed by atoms with Crippen molar-refractivity contribution in [3.8, 4) is 5.75 Å². The maximum atomic E-state index is 12.5. The van der Waals surface area contributed by atoms with Crippen molar-refractivity contribution in [2.45, 2.75) is 20.3 Å². The number of ketones is 1. The molecule has 3 aromatic rings. The summed E-state index contributed by atoms with van der Waals surface area (Å²) in [6.45, 7) is 3.35. The molecule has 0 saturated carbocycles. The first-order valence-corrected chi connectivity index (χ1v) is 10.2. The van der Waals surface area contributed by atoms with E-state index in [4.69, 9.17) is 9.47 Å². The van der Waals surface area contributed by atoms with Crippen LogP contribution in [0.25, 0.3) is 10.9 Å². The van der Waals surface area contributed by atoms with Crippen LogP contribution >= 0.6 is 11.3 Å². The maximum Gasteiger partial charge on any atom is 0.340 e. The Morgan fingerprint density at radius 3 is 2.67 bits per heavy atom. The molecule has 0 unspecified atom stereocenters. The number of carbonyl (C=O) groups excluding carboxylic acids is 3. The van der Waals surface area contributed by atoms with Crippen molar-refractivity contribution in [1.29, 1.82) is 0 Å². The van der Waals surface area contributed by atoms with Gasteiger partial charge < -0.3 is 14.8 Å². The summed E-state index contributed by atoms with van der Waals surface area (Å²) in [5.41, 5.74) is 1.58. The molecule has 0 fully saturated rings. The van der Waals surface area contributed by atoms with Crippen molar-refractivity contribution in [2.75, 3.05) is 20.3 Å². The van der Waals surface area contributed by atoms with Gasteiger partial charge in [0.05, 0.1) is 28.8 Å². The Bertz CT molecular complexity index is 1110. The minimum absolute atomic E-state index is 0.0910. The third-order valence-corrected chi connectivity index (χ3v) is 5.63. The van der Waals surface area contributed by atoms with Gasteiger partial charge in [-0.15, -0.1) is 11.3 Å². The van der Waals surface area contributed by atoms with E-state index < -0.39 is 5.97 Å². The maximum absolute atomic E-state index is 12.5. The Morgan fingerprint density at radius 1 is 1.13 bits per heavy atom. The van der Waals surface area contributed by atoms with Gasteiger partial charge in [0.15, 0.2) is 6.61 Å². The van der Waals surface area contributed by atoms with E-state index in [1.165, 1.54) is 18.3 Å². The van der Waals surface area contributed by atoms with Gasteiger partial charge in [-0.25, -0.2) is 4.79 Å². The third-order valence-electron chi connectivity index (χ3n) is 4.45. The summed E-state index contributed by atoms with van der Waals surface area (Å²) in [6.07, 6.45) is 0.642. The van der Waals surface area contributed by atoms with Crippen LogP contribution in [0.2, 0.25) is 0 Å². The molecule has 2 heterocycles. The Balaban J connectivity index is 1.63. The highest BCUT2D eigenvalue weighted by Crippen LogP contribution is 2.23. The number of thiophene rings is 1. The number of hydrogen-bond acceptors (Lipinski definition) is 7. The Kier molecular flexibility index (Phi) is 6.79. The molecule has 30 heavy (non-hydrogen) atoms. The molecule has 0 radical (unpaired) electrons. The molecule has 156 valence electrons. The summed E-state index contributed by atoms with van der Waals surface area (Å²) in [7, 11) is 1.57. The van der Waals surface area contributed by atoms with Gasteiger partial charge in [-0.05, 0) is 49.7 Å². The van der Waals surface area contributed by atoms with Gasteiger partial charge >= 0.3 is 5.97 Å². The summed E-state index contributed by atoms with van der Waals surface area (Å²) in [5.74, 6) is -0.297. The number of benzene rings is 1. The number of carbonyl (C=O) groups is 3. The lowest BCUT2D eigenvalue weighted by Crippen LogP contribution is -2.22. The fraction of sp³-hybridized carbons (Fsp3) is 0.273. The largest absolute Gasteiger partial charge is 0.497 e. The highest BCUT2D eigenvalue weighted by molar-refractivity contribution is 7.14. The summed E-state index contributed by atoms with van der Waals surface area (Å²) >= 11 is 1.33. The zero-order valence-electron chi connectivity index (χ0n) is 17.0. The predicted octanol–water partition coefficient (Wildman–Crippen LogP) is 3.33. The minimum Gasteiger partial charge on any atom is -0.497 e. The zero-order valence-corrected chi connectivity index (χ0v) is 17.8. The fourth-order valence-corrected chi connectivity index (χ4v) is 3.82. The molecule has 0 saturated heterocycles. The van der Waals surface area contributed by atoms with E-state index in [-0.39, 0.29) is 18.3 Å². The zero-order chi connectivity index (χ0) is 21.7. The molecule has 0 aliphatic rings. The number of nitrogens with one attached hydrogen (secondary N) is 1. The number of ether oxygens (including phenoxy) is 2. The summed E-state index contributed by atoms with van der Waals surface area (Å²) in [4.78, 5) is 41.8. The van der Waals surface area contributed by atoms with Crippen molar-refractivity contribution >= 4 is 39.9 Å². The van der Waals surface area contributed by atoms with Crippen LogP contribution in [-0.2, 0) is 16.0 Å². The Morgan fingerprint density at radius 2 is 1.93 bits per heavy atom. The Hall–Kier alpha value is -3.26. The average Bonchev–Trinajstić information content (AvgIpc) is 3.19. The number of nitrogens with zero attached hydrogens (tertiary/aromatic N) is 1. The molecule has 0 spiro atoms. The second-order valence-electron chi connectivity index (χ2n) is 6.68. The number of hydrogen-bond donors (Lipinski definition) is 1. The first kappa shape index (κ1) is 21.4. The van der Waals surface area contributed by atoms with Crippen molar-refractivity contribution in [1.82, 2.24) is 10.3 Å². The SMILES string of the molecule is COc1ccc2nc(C)c(C(=O)OCC(=O)c3ccc(CCNC(C)=O)s3)cc2c1. The van der Waals surface area contributed by atoms with Gasteiger partial charge in [-0.2, -0.15) is 0 Å². The van der Waals surface area contributed by atoms with Crippen LogP contribution in [0.3, 0.4) is 0 Å². The molecule has 7 nitrogen and oxygen atoms in total. The van der Waals surface area contributed by atoms with Crippen LogP contribution in [0.4, 0.5) is 0 Å².